The molecule has 0 aromatic carbocycles. The highest BCUT2D eigenvalue weighted by atomic mass is 35.5. The summed E-state index contributed by atoms with van der Waals surface area (Å²) in [6.45, 7) is 2.21. The minimum atomic E-state index is -3.02. The molecule has 0 amide bonds. The van der Waals surface area contributed by atoms with E-state index in [0.29, 0.717) is 12.4 Å². The molecule has 2 heterocycles. The molecule has 2 aromatic heterocycles. The standard InChI is InChI=1S/C10H15ClN4O2S/c1-7-9-10(14(2)13-7)15(8(6-11)12-9)4-5-18(3,16)17/h4-6H2,1-3H3. The lowest BCUT2D eigenvalue weighted by Crippen LogP contribution is -2.14. The molecule has 8 heteroatoms. The van der Waals surface area contributed by atoms with Crippen molar-refractivity contribution in [1.29, 1.82) is 0 Å². The molecule has 0 radical (unpaired) electrons. The van der Waals surface area contributed by atoms with Crippen LogP contribution in [0.4, 0.5) is 0 Å². The van der Waals surface area contributed by atoms with Gasteiger partial charge in [-0.3, -0.25) is 4.68 Å². The highest BCUT2D eigenvalue weighted by molar-refractivity contribution is 7.90. The topological polar surface area (TPSA) is 69.8 Å². The van der Waals surface area contributed by atoms with Crippen LogP contribution in [0.15, 0.2) is 0 Å². The number of halogens is 1. The summed E-state index contributed by atoms with van der Waals surface area (Å²) < 4.78 is 26.1. The van der Waals surface area contributed by atoms with Crippen molar-refractivity contribution in [3.05, 3.63) is 11.5 Å². The van der Waals surface area contributed by atoms with Crippen molar-refractivity contribution in [2.24, 2.45) is 7.05 Å². The smallest absolute Gasteiger partial charge is 0.158 e. The Bertz CT molecular complexity index is 686. The van der Waals surface area contributed by atoms with E-state index >= 15 is 0 Å². The van der Waals surface area contributed by atoms with Crippen LogP contribution in [-0.4, -0.2) is 39.8 Å². The van der Waals surface area contributed by atoms with Crippen LogP contribution in [0.5, 0.6) is 0 Å². The van der Waals surface area contributed by atoms with Gasteiger partial charge in [0.25, 0.3) is 0 Å². The van der Waals surface area contributed by atoms with Gasteiger partial charge in [0.05, 0.1) is 17.3 Å². The lowest BCUT2D eigenvalue weighted by Gasteiger charge is -2.07. The van der Waals surface area contributed by atoms with Gasteiger partial charge >= 0.3 is 0 Å². The van der Waals surface area contributed by atoms with Gasteiger partial charge in [-0.2, -0.15) is 5.10 Å². The van der Waals surface area contributed by atoms with Gasteiger partial charge in [-0.15, -0.1) is 11.6 Å². The summed E-state index contributed by atoms with van der Waals surface area (Å²) in [6, 6.07) is 0. The Hall–Kier alpha value is -1.08. The van der Waals surface area contributed by atoms with Gasteiger partial charge in [0.15, 0.2) is 5.65 Å². The Morgan fingerprint density at radius 2 is 2.06 bits per heavy atom. The minimum Gasteiger partial charge on any atom is -0.311 e. The summed E-state index contributed by atoms with van der Waals surface area (Å²) in [6.07, 6.45) is 1.22. The summed E-state index contributed by atoms with van der Waals surface area (Å²) in [5, 5.41) is 4.27. The molecule has 6 nitrogen and oxygen atoms in total. The van der Waals surface area contributed by atoms with Crippen LogP contribution in [0.3, 0.4) is 0 Å². The van der Waals surface area contributed by atoms with Gasteiger partial charge in [0.1, 0.15) is 21.2 Å². The lowest BCUT2D eigenvalue weighted by atomic mass is 10.4. The fourth-order valence-corrected chi connectivity index (χ4v) is 2.69. The first kappa shape index (κ1) is 13.4. The first-order valence-electron chi connectivity index (χ1n) is 5.46. The summed E-state index contributed by atoms with van der Waals surface area (Å²) in [4.78, 5) is 4.41. The largest absolute Gasteiger partial charge is 0.311 e. The molecule has 0 fully saturated rings. The highest BCUT2D eigenvalue weighted by Crippen LogP contribution is 2.20. The number of hydrogen-bond acceptors (Lipinski definition) is 4. The quantitative estimate of drug-likeness (QED) is 0.783. The Morgan fingerprint density at radius 3 is 2.61 bits per heavy atom. The molecule has 100 valence electrons. The Labute approximate surface area is 110 Å². The molecule has 2 aromatic rings. The second kappa shape index (κ2) is 4.55. The second-order valence-corrected chi connectivity index (χ2v) is 6.85. The van der Waals surface area contributed by atoms with Crippen LogP contribution in [0, 0.1) is 6.92 Å². The number of nitrogens with zero attached hydrogens (tertiary/aromatic N) is 4. The highest BCUT2D eigenvalue weighted by Gasteiger charge is 2.17. The third-order valence-corrected chi connectivity index (χ3v) is 3.94. The average Bonchev–Trinajstić information content (AvgIpc) is 2.74. The fourth-order valence-electron chi connectivity index (χ4n) is 1.97. The van der Waals surface area contributed by atoms with Crippen LogP contribution < -0.4 is 0 Å². The number of aromatic nitrogens is 4. The molecule has 0 aliphatic carbocycles. The van der Waals surface area contributed by atoms with Crippen molar-refractivity contribution in [2.75, 3.05) is 12.0 Å². The van der Waals surface area contributed by atoms with Gasteiger partial charge in [0, 0.05) is 19.8 Å². The van der Waals surface area contributed by atoms with Crippen LogP contribution >= 0.6 is 11.6 Å². The van der Waals surface area contributed by atoms with E-state index in [1.165, 1.54) is 6.26 Å². The lowest BCUT2D eigenvalue weighted by molar-refractivity contribution is 0.592. The monoisotopic (exact) mass is 290 g/mol. The summed E-state index contributed by atoms with van der Waals surface area (Å²) >= 11 is 5.85. The van der Waals surface area contributed by atoms with E-state index in [1.54, 1.807) is 4.68 Å². The number of rotatable bonds is 4. The molecule has 0 aliphatic heterocycles. The van der Waals surface area contributed by atoms with Crippen LogP contribution in [0.25, 0.3) is 11.2 Å². The molecular formula is C10H15ClN4O2S. The number of sulfone groups is 1. The number of fused-ring (bicyclic) bond motifs is 1. The maximum absolute atomic E-state index is 11.3. The van der Waals surface area contributed by atoms with Crippen molar-refractivity contribution in [1.82, 2.24) is 19.3 Å². The predicted molar refractivity (Wildman–Crippen MR) is 70.5 cm³/mol. The van der Waals surface area contributed by atoms with E-state index in [4.69, 9.17) is 11.6 Å². The number of aryl methyl sites for hydroxylation is 3. The van der Waals surface area contributed by atoms with E-state index in [9.17, 15) is 8.42 Å². The Morgan fingerprint density at radius 1 is 1.39 bits per heavy atom. The van der Waals surface area contributed by atoms with Crippen molar-refractivity contribution in [3.63, 3.8) is 0 Å². The maximum atomic E-state index is 11.3. The van der Waals surface area contributed by atoms with Crippen molar-refractivity contribution < 1.29 is 8.42 Å². The van der Waals surface area contributed by atoms with Crippen LogP contribution in [0.2, 0.25) is 0 Å². The predicted octanol–water partition coefficient (Wildman–Crippen LogP) is 0.862. The molecule has 0 N–H and O–H groups in total. The Kier molecular flexibility index (Phi) is 3.37. The maximum Gasteiger partial charge on any atom is 0.158 e. The molecule has 0 saturated heterocycles. The molecule has 0 bridgehead atoms. The molecule has 0 spiro atoms. The van der Waals surface area contributed by atoms with Gasteiger partial charge in [-0.25, -0.2) is 13.4 Å². The van der Waals surface area contributed by atoms with Gasteiger partial charge in [-0.05, 0) is 6.92 Å². The average molecular weight is 291 g/mol. The van der Waals surface area contributed by atoms with Crippen LogP contribution in [0.1, 0.15) is 11.5 Å². The molecule has 0 aliphatic rings. The first-order valence-corrected chi connectivity index (χ1v) is 8.05. The third-order valence-electron chi connectivity index (χ3n) is 2.77. The zero-order valence-corrected chi connectivity index (χ0v) is 12.1. The first-order chi connectivity index (χ1) is 8.33. The third kappa shape index (κ3) is 2.37. The molecule has 0 atom stereocenters. The Balaban J connectivity index is 2.52. The number of imidazole rings is 1. The molecule has 0 unspecified atom stereocenters. The fraction of sp³-hybridized carbons (Fsp3) is 0.600. The minimum absolute atomic E-state index is 0.0621. The second-order valence-electron chi connectivity index (χ2n) is 4.32. The van der Waals surface area contributed by atoms with E-state index in [-0.39, 0.29) is 11.6 Å². The molecular weight excluding hydrogens is 276 g/mol. The summed E-state index contributed by atoms with van der Waals surface area (Å²) in [7, 11) is -1.21. The normalized spacial score (nSPS) is 12.4. The number of alkyl halides is 1. The summed E-state index contributed by atoms with van der Waals surface area (Å²) in [5.74, 6) is 0.983. The van der Waals surface area contributed by atoms with Crippen LogP contribution in [-0.2, 0) is 29.3 Å². The number of hydrogen-bond donors (Lipinski definition) is 0. The SMILES string of the molecule is Cc1nn(C)c2c1nc(CCl)n2CCS(C)(=O)=O. The zero-order valence-electron chi connectivity index (χ0n) is 10.5. The van der Waals surface area contributed by atoms with E-state index in [1.807, 2.05) is 18.5 Å². The van der Waals surface area contributed by atoms with Crippen molar-refractivity contribution >= 4 is 32.6 Å². The van der Waals surface area contributed by atoms with E-state index in [0.717, 1.165) is 16.9 Å². The van der Waals surface area contributed by atoms with Crippen molar-refractivity contribution in [2.45, 2.75) is 19.3 Å². The van der Waals surface area contributed by atoms with E-state index < -0.39 is 9.84 Å². The van der Waals surface area contributed by atoms with Gasteiger partial charge in [-0.1, -0.05) is 0 Å². The molecule has 0 saturated carbocycles. The van der Waals surface area contributed by atoms with Crippen molar-refractivity contribution in [3.8, 4) is 0 Å². The zero-order chi connectivity index (χ0) is 13.5. The molecule has 2 rings (SSSR count). The molecule has 18 heavy (non-hydrogen) atoms. The van der Waals surface area contributed by atoms with E-state index in [2.05, 4.69) is 10.1 Å². The van der Waals surface area contributed by atoms with Gasteiger partial charge in [0.2, 0.25) is 0 Å². The van der Waals surface area contributed by atoms with Gasteiger partial charge < -0.3 is 4.57 Å². The summed E-state index contributed by atoms with van der Waals surface area (Å²) in [5.41, 5.74) is 2.41.